The lowest BCUT2D eigenvalue weighted by Crippen LogP contribution is -2.31. The van der Waals surface area contributed by atoms with Crippen molar-refractivity contribution in [1.82, 2.24) is 0 Å². The van der Waals surface area contributed by atoms with E-state index in [1.54, 1.807) is 18.2 Å². The van der Waals surface area contributed by atoms with E-state index in [-0.39, 0.29) is 5.88 Å². The monoisotopic (exact) mass is 271 g/mol. The Morgan fingerprint density at radius 1 is 1.31 bits per heavy atom. The molecule has 0 N–H and O–H groups in total. The summed E-state index contributed by atoms with van der Waals surface area (Å²) in [4.78, 5) is 1.09. The van der Waals surface area contributed by atoms with E-state index in [1.165, 1.54) is 7.05 Å². The zero-order valence-corrected chi connectivity index (χ0v) is 10.00. The minimum atomic E-state index is -4.25. The largest absolute Gasteiger partial charge is 0.405 e. The van der Waals surface area contributed by atoms with Gasteiger partial charge in [-0.1, -0.05) is 17.7 Å². The third-order valence-electron chi connectivity index (χ3n) is 2.06. The minimum absolute atomic E-state index is 0.0806. The molecule has 0 atom stereocenters. The summed E-state index contributed by atoms with van der Waals surface area (Å²) in [5, 5.41) is 0.376. The molecule has 1 aromatic rings. The van der Waals surface area contributed by atoms with E-state index in [9.17, 15) is 13.2 Å². The molecular weight excluding hydrogens is 262 g/mol. The number of halogens is 5. The average molecular weight is 272 g/mol. The van der Waals surface area contributed by atoms with Gasteiger partial charge in [0.2, 0.25) is 0 Å². The van der Waals surface area contributed by atoms with Crippen molar-refractivity contribution in [2.45, 2.75) is 12.1 Å². The molecule has 6 heteroatoms. The van der Waals surface area contributed by atoms with E-state index >= 15 is 0 Å². The Morgan fingerprint density at radius 2 is 1.94 bits per heavy atom. The lowest BCUT2D eigenvalue weighted by atomic mass is 10.2. The number of nitrogens with zero attached hydrogens (tertiary/aromatic N) is 1. The molecule has 0 unspecified atom stereocenters. The van der Waals surface area contributed by atoms with E-state index in [4.69, 9.17) is 23.2 Å². The first-order valence-electron chi connectivity index (χ1n) is 4.46. The Labute approximate surface area is 102 Å². The first kappa shape index (κ1) is 13.5. The number of alkyl halides is 4. The van der Waals surface area contributed by atoms with Crippen molar-refractivity contribution in [3.05, 3.63) is 28.8 Å². The van der Waals surface area contributed by atoms with Crippen LogP contribution in [0.5, 0.6) is 0 Å². The molecule has 1 nitrogen and oxygen atoms in total. The van der Waals surface area contributed by atoms with Crippen LogP contribution in [-0.4, -0.2) is 19.8 Å². The van der Waals surface area contributed by atoms with E-state index < -0.39 is 12.7 Å². The van der Waals surface area contributed by atoms with Gasteiger partial charge < -0.3 is 4.90 Å². The fourth-order valence-corrected chi connectivity index (χ4v) is 1.98. The third-order valence-corrected chi connectivity index (χ3v) is 2.68. The number of hydrogen-bond donors (Lipinski definition) is 0. The molecule has 0 radical (unpaired) electrons. The van der Waals surface area contributed by atoms with Crippen LogP contribution in [0.1, 0.15) is 5.56 Å². The van der Waals surface area contributed by atoms with E-state index in [1.807, 2.05) is 0 Å². The van der Waals surface area contributed by atoms with E-state index in [0.29, 0.717) is 16.3 Å². The summed E-state index contributed by atoms with van der Waals surface area (Å²) in [6.07, 6.45) is -4.25. The Bertz CT molecular complexity index is 366. The van der Waals surface area contributed by atoms with Crippen LogP contribution in [-0.2, 0) is 5.88 Å². The fraction of sp³-hybridized carbons (Fsp3) is 0.400. The van der Waals surface area contributed by atoms with Crippen molar-refractivity contribution in [2.75, 3.05) is 18.5 Å². The highest BCUT2D eigenvalue weighted by molar-refractivity contribution is 6.32. The first-order chi connectivity index (χ1) is 7.35. The second kappa shape index (κ2) is 5.15. The molecule has 0 amide bonds. The predicted octanol–water partition coefficient (Wildman–Crippen LogP) is 4.08. The summed E-state index contributed by atoms with van der Waals surface area (Å²) >= 11 is 11.5. The maximum absolute atomic E-state index is 12.2. The van der Waals surface area contributed by atoms with Gasteiger partial charge in [0.05, 0.1) is 5.88 Å². The molecule has 90 valence electrons. The zero-order chi connectivity index (χ0) is 12.3. The molecule has 1 rings (SSSR count). The summed E-state index contributed by atoms with van der Waals surface area (Å²) in [6.45, 7) is -1.03. The second-order valence-corrected chi connectivity index (χ2v) is 4.02. The van der Waals surface area contributed by atoms with Crippen LogP contribution in [0.25, 0.3) is 0 Å². The Hall–Kier alpha value is -0.610. The van der Waals surface area contributed by atoms with Crippen LogP contribution in [0.15, 0.2) is 18.2 Å². The highest BCUT2D eigenvalue weighted by Gasteiger charge is 2.30. The summed E-state index contributed by atoms with van der Waals surface area (Å²) in [5.41, 5.74) is 0.914. The summed E-state index contributed by atoms with van der Waals surface area (Å²) in [6, 6.07) is 4.76. The number of anilines is 1. The lowest BCUT2D eigenvalue weighted by Gasteiger charge is -2.23. The molecular formula is C10H10Cl2F3N. The summed E-state index contributed by atoms with van der Waals surface area (Å²) < 4.78 is 36.7. The van der Waals surface area contributed by atoms with Crippen LogP contribution in [0.3, 0.4) is 0 Å². The van der Waals surface area contributed by atoms with Gasteiger partial charge >= 0.3 is 6.18 Å². The van der Waals surface area contributed by atoms with Gasteiger partial charge in [0, 0.05) is 23.3 Å². The van der Waals surface area contributed by atoms with Crippen molar-refractivity contribution < 1.29 is 13.2 Å². The third kappa shape index (κ3) is 3.46. The van der Waals surface area contributed by atoms with Gasteiger partial charge in [-0.25, -0.2) is 0 Å². The molecule has 0 bridgehead atoms. The molecule has 1 aromatic carbocycles. The van der Waals surface area contributed by atoms with Crippen molar-refractivity contribution in [2.24, 2.45) is 0 Å². The van der Waals surface area contributed by atoms with Crippen molar-refractivity contribution in [3.8, 4) is 0 Å². The topological polar surface area (TPSA) is 3.24 Å². The molecule has 0 fully saturated rings. The second-order valence-electron chi connectivity index (χ2n) is 3.34. The van der Waals surface area contributed by atoms with Gasteiger partial charge in [-0.15, -0.1) is 11.6 Å². The first-order valence-corrected chi connectivity index (χ1v) is 5.37. The molecule has 0 heterocycles. The highest BCUT2D eigenvalue weighted by Crippen LogP contribution is 2.30. The van der Waals surface area contributed by atoms with Crippen LogP contribution >= 0.6 is 23.2 Å². The van der Waals surface area contributed by atoms with Crippen LogP contribution < -0.4 is 4.90 Å². The molecule has 0 saturated heterocycles. The van der Waals surface area contributed by atoms with Gasteiger partial charge in [0.1, 0.15) is 6.54 Å². The quantitative estimate of drug-likeness (QED) is 0.749. The number of hydrogen-bond acceptors (Lipinski definition) is 1. The predicted molar refractivity (Wildman–Crippen MR) is 60.3 cm³/mol. The zero-order valence-electron chi connectivity index (χ0n) is 8.48. The molecule has 0 spiro atoms. The van der Waals surface area contributed by atoms with Crippen LogP contribution in [0.2, 0.25) is 5.02 Å². The number of rotatable bonds is 3. The van der Waals surface area contributed by atoms with E-state index in [0.717, 1.165) is 4.90 Å². The van der Waals surface area contributed by atoms with Gasteiger partial charge in [0.15, 0.2) is 0 Å². The summed E-state index contributed by atoms with van der Waals surface area (Å²) in [5.74, 6) is 0.0806. The molecule has 0 aliphatic rings. The van der Waals surface area contributed by atoms with Gasteiger partial charge in [-0.2, -0.15) is 13.2 Å². The van der Waals surface area contributed by atoms with Crippen LogP contribution in [0, 0.1) is 0 Å². The van der Waals surface area contributed by atoms with Gasteiger partial charge in [-0.05, 0) is 12.1 Å². The number of benzene rings is 1. The fourth-order valence-electron chi connectivity index (χ4n) is 1.39. The van der Waals surface area contributed by atoms with Gasteiger partial charge in [-0.3, -0.25) is 0 Å². The molecule has 0 saturated carbocycles. The molecule has 16 heavy (non-hydrogen) atoms. The van der Waals surface area contributed by atoms with Crippen molar-refractivity contribution in [1.29, 1.82) is 0 Å². The average Bonchev–Trinajstić information content (AvgIpc) is 2.14. The molecule has 0 aliphatic heterocycles. The highest BCUT2D eigenvalue weighted by atomic mass is 35.5. The normalized spacial score (nSPS) is 11.6. The maximum Gasteiger partial charge on any atom is 0.405 e. The summed E-state index contributed by atoms with van der Waals surface area (Å²) in [7, 11) is 1.36. The SMILES string of the molecule is CN(CC(F)(F)F)c1cccc(Cl)c1CCl. The van der Waals surface area contributed by atoms with Gasteiger partial charge in [0.25, 0.3) is 0 Å². The van der Waals surface area contributed by atoms with Crippen molar-refractivity contribution in [3.63, 3.8) is 0 Å². The van der Waals surface area contributed by atoms with Crippen molar-refractivity contribution >= 4 is 28.9 Å². The Kier molecular flexibility index (Phi) is 4.33. The Morgan fingerprint density at radius 3 is 2.44 bits per heavy atom. The minimum Gasteiger partial charge on any atom is -0.365 e. The molecule has 0 aromatic heterocycles. The lowest BCUT2D eigenvalue weighted by molar-refractivity contribution is -0.119. The maximum atomic E-state index is 12.2. The van der Waals surface area contributed by atoms with E-state index in [2.05, 4.69) is 0 Å². The van der Waals surface area contributed by atoms with Crippen LogP contribution in [0.4, 0.5) is 18.9 Å². The standard InChI is InChI=1S/C10H10Cl2F3N/c1-16(6-10(13,14)15)9-4-2-3-8(12)7(9)5-11/h2-4H,5-6H2,1H3. The molecule has 0 aliphatic carbocycles. The Balaban J connectivity index is 2.99. The smallest absolute Gasteiger partial charge is 0.365 e.